The van der Waals surface area contributed by atoms with Gasteiger partial charge in [-0.15, -0.1) is 0 Å². The molecule has 0 aliphatic rings. The number of aliphatic hydroxyl groups is 1. The molecule has 0 saturated heterocycles. The van der Waals surface area contributed by atoms with Crippen molar-refractivity contribution in [2.75, 3.05) is 0 Å². The number of aliphatic hydroxyl groups excluding tert-OH is 1. The molecule has 0 aromatic rings. The standard InChI is InChI=1S/C8H14O2/c1-4-8(10)6(2)5-7(3)9/h5,8,10H,4H2,1-3H3. The zero-order valence-corrected chi connectivity index (χ0v) is 6.72. The van der Waals surface area contributed by atoms with Gasteiger partial charge in [-0.3, -0.25) is 4.79 Å². The third-order valence-electron chi connectivity index (χ3n) is 1.34. The van der Waals surface area contributed by atoms with E-state index >= 15 is 0 Å². The quantitative estimate of drug-likeness (QED) is 0.603. The molecule has 0 amide bonds. The predicted octanol–water partition coefficient (Wildman–Crippen LogP) is 1.29. The highest BCUT2D eigenvalue weighted by molar-refractivity contribution is 5.87. The highest BCUT2D eigenvalue weighted by Crippen LogP contribution is 2.03. The molecule has 0 heterocycles. The molecule has 1 atom stereocenters. The number of rotatable bonds is 3. The predicted molar refractivity (Wildman–Crippen MR) is 40.7 cm³/mol. The summed E-state index contributed by atoms with van der Waals surface area (Å²) in [7, 11) is 0. The van der Waals surface area contributed by atoms with E-state index in [1.165, 1.54) is 13.0 Å². The molecular weight excluding hydrogens is 128 g/mol. The Morgan fingerprint density at radius 1 is 1.60 bits per heavy atom. The van der Waals surface area contributed by atoms with Crippen molar-refractivity contribution in [2.24, 2.45) is 0 Å². The van der Waals surface area contributed by atoms with Gasteiger partial charge in [-0.05, 0) is 31.9 Å². The molecule has 2 nitrogen and oxygen atoms in total. The largest absolute Gasteiger partial charge is 0.389 e. The maximum Gasteiger partial charge on any atom is 0.152 e. The Morgan fingerprint density at radius 3 is 2.40 bits per heavy atom. The van der Waals surface area contributed by atoms with Gasteiger partial charge in [-0.1, -0.05) is 6.92 Å². The lowest BCUT2D eigenvalue weighted by Gasteiger charge is -2.05. The Bertz CT molecular complexity index is 147. The fourth-order valence-corrected chi connectivity index (χ4v) is 0.739. The van der Waals surface area contributed by atoms with Crippen LogP contribution >= 0.6 is 0 Å². The first-order valence-electron chi connectivity index (χ1n) is 3.44. The molecule has 0 spiro atoms. The summed E-state index contributed by atoms with van der Waals surface area (Å²) in [5.74, 6) is -0.00926. The summed E-state index contributed by atoms with van der Waals surface area (Å²) in [5, 5.41) is 9.15. The lowest BCUT2D eigenvalue weighted by Crippen LogP contribution is -2.06. The van der Waals surface area contributed by atoms with Crippen molar-refractivity contribution < 1.29 is 9.90 Å². The van der Waals surface area contributed by atoms with Crippen molar-refractivity contribution in [3.8, 4) is 0 Å². The van der Waals surface area contributed by atoms with Crippen molar-refractivity contribution in [2.45, 2.75) is 33.3 Å². The van der Waals surface area contributed by atoms with Crippen LogP contribution in [-0.2, 0) is 4.79 Å². The van der Waals surface area contributed by atoms with Crippen LogP contribution in [0.5, 0.6) is 0 Å². The van der Waals surface area contributed by atoms with E-state index in [-0.39, 0.29) is 5.78 Å². The Kier molecular flexibility index (Phi) is 3.96. The lowest BCUT2D eigenvalue weighted by molar-refractivity contribution is -0.112. The van der Waals surface area contributed by atoms with E-state index in [1.807, 2.05) is 6.92 Å². The first-order chi connectivity index (χ1) is 4.57. The zero-order chi connectivity index (χ0) is 8.15. The average Bonchev–Trinajstić information content (AvgIpc) is 1.85. The first kappa shape index (κ1) is 9.37. The Morgan fingerprint density at radius 2 is 2.10 bits per heavy atom. The number of ketones is 1. The van der Waals surface area contributed by atoms with E-state index in [0.717, 1.165) is 5.57 Å². The van der Waals surface area contributed by atoms with Gasteiger partial charge in [0.15, 0.2) is 5.78 Å². The van der Waals surface area contributed by atoms with E-state index in [4.69, 9.17) is 5.11 Å². The molecule has 10 heavy (non-hydrogen) atoms. The topological polar surface area (TPSA) is 37.3 Å². The molecule has 0 saturated carbocycles. The van der Waals surface area contributed by atoms with Gasteiger partial charge in [0, 0.05) is 0 Å². The van der Waals surface area contributed by atoms with Crippen LogP contribution in [0.2, 0.25) is 0 Å². The molecule has 1 N–H and O–H groups in total. The van der Waals surface area contributed by atoms with E-state index in [9.17, 15) is 4.79 Å². The molecule has 0 bridgehead atoms. The average molecular weight is 142 g/mol. The molecule has 2 heteroatoms. The molecule has 1 unspecified atom stereocenters. The summed E-state index contributed by atoms with van der Waals surface area (Å²) >= 11 is 0. The molecule has 0 aliphatic heterocycles. The Hall–Kier alpha value is -0.630. The molecular formula is C8H14O2. The van der Waals surface area contributed by atoms with Gasteiger partial charge in [-0.2, -0.15) is 0 Å². The van der Waals surface area contributed by atoms with Crippen LogP contribution in [0.3, 0.4) is 0 Å². The number of carbonyl (C=O) groups excluding carboxylic acids is 1. The van der Waals surface area contributed by atoms with Crippen LogP contribution in [0.25, 0.3) is 0 Å². The lowest BCUT2D eigenvalue weighted by atomic mass is 10.1. The molecule has 0 radical (unpaired) electrons. The van der Waals surface area contributed by atoms with Gasteiger partial charge in [0.1, 0.15) is 0 Å². The van der Waals surface area contributed by atoms with Gasteiger partial charge >= 0.3 is 0 Å². The highest BCUT2D eigenvalue weighted by atomic mass is 16.3. The van der Waals surface area contributed by atoms with Crippen LogP contribution in [0.4, 0.5) is 0 Å². The second-order valence-electron chi connectivity index (χ2n) is 2.42. The van der Waals surface area contributed by atoms with Crippen LogP contribution in [-0.4, -0.2) is 17.0 Å². The van der Waals surface area contributed by atoms with Crippen molar-refractivity contribution in [3.05, 3.63) is 11.6 Å². The second kappa shape index (κ2) is 4.23. The molecule has 0 fully saturated rings. The van der Waals surface area contributed by atoms with Crippen LogP contribution in [0, 0.1) is 0 Å². The third kappa shape index (κ3) is 3.41. The van der Waals surface area contributed by atoms with E-state index < -0.39 is 6.10 Å². The number of hydrogen-bond donors (Lipinski definition) is 1. The summed E-state index contributed by atoms with van der Waals surface area (Å²) in [5.41, 5.74) is 0.745. The Labute approximate surface area is 61.6 Å². The number of allylic oxidation sites excluding steroid dienone is 1. The smallest absolute Gasteiger partial charge is 0.152 e. The SMILES string of the molecule is CCC(O)C(C)=CC(C)=O. The minimum atomic E-state index is -0.455. The van der Waals surface area contributed by atoms with Crippen molar-refractivity contribution in [3.63, 3.8) is 0 Å². The van der Waals surface area contributed by atoms with E-state index in [1.54, 1.807) is 6.92 Å². The van der Waals surface area contributed by atoms with Crippen molar-refractivity contribution in [1.29, 1.82) is 0 Å². The van der Waals surface area contributed by atoms with Crippen LogP contribution in [0.1, 0.15) is 27.2 Å². The fraction of sp³-hybridized carbons (Fsp3) is 0.625. The summed E-state index contributed by atoms with van der Waals surface area (Å²) in [6.45, 7) is 5.11. The van der Waals surface area contributed by atoms with Gasteiger partial charge in [0.2, 0.25) is 0 Å². The summed E-state index contributed by atoms with van der Waals surface area (Å²) in [4.78, 5) is 10.5. The van der Waals surface area contributed by atoms with Crippen LogP contribution in [0.15, 0.2) is 11.6 Å². The first-order valence-corrected chi connectivity index (χ1v) is 3.44. The maximum atomic E-state index is 10.5. The monoisotopic (exact) mass is 142 g/mol. The molecule has 0 aromatic heterocycles. The zero-order valence-electron chi connectivity index (χ0n) is 6.72. The van der Waals surface area contributed by atoms with E-state index in [2.05, 4.69) is 0 Å². The summed E-state index contributed by atoms with van der Waals surface area (Å²) in [6, 6.07) is 0. The highest BCUT2D eigenvalue weighted by Gasteiger charge is 2.02. The van der Waals surface area contributed by atoms with Crippen molar-refractivity contribution in [1.82, 2.24) is 0 Å². The van der Waals surface area contributed by atoms with E-state index in [0.29, 0.717) is 6.42 Å². The summed E-state index contributed by atoms with van der Waals surface area (Å²) < 4.78 is 0. The number of hydrogen-bond acceptors (Lipinski definition) is 2. The van der Waals surface area contributed by atoms with Gasteiger partial charge < -0.3 is 5.11 Å². The van der Waals surface area contributed by atoms with Gasteiger partial charge in [0.25, 0.3) is 0 Å². The Balaban J connectivity index is 4.04. The molecule has 0 aliphatic carbocycles. The minimum absolute atomic E-state index is 0.00926. The summed E-state index contributed by atoms with van der Waals surface area (Å²) in [6.07, 6.45) is 1.67. The molecule has 0 rings (SSSR count). The van der Waals surface area contributed by atoms with Gasteiger partial charge in [-0.25, -0.2) is 0 Å². The number of carbonyl (C=O) groups is 1. The normalized spacial score (nSPS) is 15.0. The van der Waals surface area contributed by atoms with Crippen LogP contribution < -0.4 is 0 Å². The third-order valence-corrected chi connectivity index (χ3v) is 1.34. The minimum Gasteiger partial charge on any atom is -0.389 e. The maximum absolute atomic E-state index is 10.5. The fourth-order valence-electron chi connectivity index (χ4n) is 0.739. The second-order valence-corrected chi connectivity index (χ2v) is 2.42. The molecule has 58 valence electrons. The van der Waals surface area contributed by atoms with Crippen molar-refractivity contribution >= 4 is 5.78 Å². The molecule has 0 aromatic carbocycles. The van der Waals surface area contributed by atoms with Gasteiger partial charge in [0.05, 0.1) is 6.10 Å².